The Kier molecular flexibility index (Phi) is 5.18. The average molecular weight is 274 g/mol. The van der Waals surface area contributed by atoms with Gasteiger partial charge in [-0.2, -0.15) is 0 Å². The molecule has 1 unspecified atom stereocenters. The molecule has 0 radical (unpaired) electrons. The first kappa shape index (κ1) is 15.0. The predicted molar refractivity (Wildman–Crippen MR) is 83.1 cm³/mol. The molecule has 0 bridgehead atoms. The standard InChI is InChI=1S/C17H26N2O/c1-4-19(12-16-7-5-6-8-18-16)17(20)15-10-13(2)9-14(3)11-15/h9-11,16,18H,4-8,12H2,1-3H3. The van der Waals surface area contributed by atoms with Gasteiger partial charge in [0.25, 0.3) is 5.91 Å². The molecular formula is C17H26N2O. The summed E-state index contributed by atoms with van der Waals surface area (Å²) in [6, 6.07) is 6.55. The Balaban J connectivity index is 2.07. The minimum atomic E-state index is 0.159. The van der Waals surface area contributed by atoms with Gasteiger partial charge in [-0.25, -0.2) is 0 Å². The van der Waals surface area contributed by atoms with Crippen molar-refractivity contribution in [2.24, 2.45) is 0 Å². The molecule has 3 heteroatoms. The van der Waals surface area contributed by atoms with E-state index in [2.05, 4.69) is 18.3 Å². The molecule has 0 saturated carbocycles. The molecule has 1 saturated heterocycles. The Bertz CT molecular complexity index is 444. The molecule has 0 spiro atoms. The predicted octanol–water partition coefficient (Wildman–Crippen LogP) is 2.91. The summed E-state index contributed by atoms with van der Waals surface area (Å²) in [4.78, 5) is 14.6. The first-order valence-corrected chi connectivity index (χ1v) is 7.71. The van der Waals surface area contributed by atoms with Gasteiger partial charge in [0.05, 0.1) is 0 Å². The van der Waals surface area contributed by atoms with Gasteiger partial charge in [0.2, 0.25) is 0 Å². The Labute approximate surface area is 122 Å². The molecule has 1 aliphatic rings. The maximum Gasteiger partial charge on any atom is 0.253 e. The second kappa shape index (κ2) is 6.89. The van der Waals surface area contributed by atoms with Gasteiger partial charge >= 0.3 is 0 Å². The second-order valence-corrected chi connectivity index (χ2v) is 5.87. The molecule has 1 aliphatic heterocycles. The van der Waals surface area contributed by atoms with Crippen molar-refractivity contribution in [1.29, 1.82) is 0 Å². The summed E-state index contributed by atoms with van der Waals surface area (Å²) in [5, 5.41) is 3.52. The van der Waals surface area contributed by atoms with Crippen molar-refractivity contribution in [3.63, 3.8) is 0 Å². The van der Waals surface area contributed by atoms with Crippen molar-refractivity contribution in [2.75, 3.05) is 19.6 Å². The number of likely N-dealkylation sites (N-methyl/N-ethyl adjacent to an activating group) is 1. The van der Waals surface area contributed by atoms with Gasteiger partial charge < -0.3 is 10.2 Å². The second-order valence-electron chi connectivity index (χ2n) is 5.87. The largest absolute Gasteiger partial charge is 0.337 e. The van der Waals surface area contributed by atoms with Crippen LogP contribution in [0.2, 0.25) is 0 Å². The highest BCUT2D eigenvalue weighted by molar-refractivity contribution is 5.94. The van der Waals surface area contributed by atoms with E-state index in [1.807, 2.05) is 30.9 Å². The first-order valence-electron chi connectivity index (χ1n) is 7.71. The third-order valence-corrected chi connectivity index (χ3v) is 3.99. The Morgan fingerprint density at radius 2 is 1.95 bits per heavy atom. The molecule has 0 aromatic heterocycles. The highest BCUT2D eigenvalue weighted by Crippen LogP contribution is 2.14. The quantitative estimate of drug-likeness (QED) is 0.915. The van der Waals surface area contributed by atoms with E-state index in [9.17, 15) is 4.79 Å². The molecule has 1 aromatic carbocycles. The van der Waals surface area contributed by atoms with Crippen LogP contribution in [0.3, 0.4) is 0 Å². The van der Waals surface area contributed by atoms with Gasteiger partial charge in [-0.05, 0) is 52.3 Å². The van der Waals surface area contributed by atoms with E-state index >= 15 is 0 Å². The first-order chi connectivity index (χ1) is 9.60. The van der Waals surface area contributed by atoms with Crippen LogP contribution in [0.4, 0.5) is 0 Å². The fraction of sp³-hybridized carbons (Fsp3) is 0.588. The monoisotopic (exact) mass is 274 g/mol. The number of nitrogens with one attached hydrogen (secondary N) is 1. The van der Waals surface area contributed by atoms with Crippen LogP contribution in [-0.2, 0) is 0 Å². The third kappa shape index (κ3) is 3.83. The third-order valence-electron chi connectivity index (χ3n) is 3.99. The molecule has 1 heterocycles. The van der Waals surface area contributed by atoms with Crippen molar-refractivity contribution in [3.05, 3.63) is 34.9 Å². The van der Waals surface area contributed by atoms with E-state index in [0.717, 1.165) is 36.3 Å². The lowest BCUT2D eigenvalue weighted by molar-refractivity contribution is 0.0741. The van der Waals surface area contributed by atoms with Gasteiger partial charge in [-0.3, -0.25) is 4.79 Å². The van der Waals surface area contributed by atoms with Crippen LogP contribution in [0.5, 0.6) is 0 Å². The van der Waals surface area contributed by atoms with Gasteiger partial charge in [0.1, 0.15) is 0 Å². The van der Waals surface area contributed by atoms with Crippen molar-refractivity contribution in [1.82, 2.24) is 10.2 Å². The van der Waals surface area contributed by atoms with Crippen LogP contribution in [0.25, 0.3) is 0 Å². The van der Waals surface area contributed by atoms with E-state index in [-0.39, 0.29) is 5.91 Å². The number of hydrogen-bond donors (Lipinski definition) is 1. The van der Waals surface area contributed by atoms with E-state index in [1.165, 1.54) is 19.3 Å². The SMILES string of the molecule is CCN(CC1CCCCN1)C(=O)c1cc(C)cc(C)c1. The Hall–Kier alpha value is -1.35. The normalized spacial score (nSPS) is 18.9. The smallest absolute Gasteiger partial charge is 0.253 e. The van der Waals surface area contributed by atoms with Gasteiger partial charge in [0, 0.05) is 24.7 Å². The van der Waals surface area contributed by atoms with E-state index < -0.39 is 0 Å². The van der Waals surface area contributed by atoms with Crippen LogP contribution >= 0.6 is 0 Å². The van der Waals surface area contributed by atoms with E-state index in [4.69, 9.17) is 0 Å². The lowest BCUT2D eigenvalue weighted by atomic mass is 10.0. The van der Waals surface area contributed by atoms with Crippen molar-refractivity contribution in [3.8, 4) is 0 Å². The molecule has 1 N–H and O–H groups in total. The van der Waals surface area contributed by atoms with E-state index in [1.54, 1.807) is 0 Å². The molecule has 0 aliphatic carbocycles. The van der Waals surface area contributed by atoms with Gasteiger partial charge in [-0.1, -0.05) is 23.6 Å². The van der Waals surface area contributed by atoms with Crippen LogP contribution in [0.15, 0.2) is 18.2 Å². The number of hydrogen-bond acceptors (Lipinski definition) is 2. The van der Waals surface area contributed by atoms with Crippen LogP contribution in [0.1, 0.15) is 47.7 Å². The number of aryl methyl sites for hydroxylation is 2. The summed E-state index contributed by atoms with van der Waals surface area (Å²) in [6.45, 7) is 8.82. The highest BCUT2D eigenvalue weighted by atomic mass is 16.2. The summed E-state index contributed by atoms with van der Waals surface area (Å²) < 4.78 is 0. The molecule has 3 nitrogen and oxygen atoms in total. The minimum absolute atomic E-state index is 0.159. The number of nitrogens with zero attached hydrogens (tertiary/aromatic N) is 1. The molecule has 110 valence electrons. The van der Waals surface area contributed by atoms with Gasteiger partial charge in [0.15, 0.2) is 0 Å². The zero-order valence-corrected chi connectivity index (χ0v) is 12.9. The summed E-state index contributed by atoms with van der Waals surface area (Å²) >= 11 is 0. The van der Waals surface area contributed by atoms with E-state index in [0.29, 0.717) is 6.04 Å². The van der Waals surface area contributed by atoms with Crippen LogP contribution < -0.4 is 5.32 Å². The molecule has 1 atom stereocenters. The number of carbonyl (C=O) groups excluding carboxylic acids is 1. The lowest BCUT2D eigenvalue weighted by Gasteiger charge is -2.30. The lowest BCUT2D eigenvalue weighted by Crippen LogP contribution is -2.45. The molecule has 1 amide bonds. The minimum Gasteiger partial charge on any atom is -0.337 e. The van der Waals surface area contributed by atoms with Crippen molar-refractivity contribution >= 4 is 5.91 Å². The number of rotatable bonds is 4. The van der Waals surface area contributed by atoms with Crippen LogP contribution in [0, 0.1) is 13.8 Å². The zero-order valence-electron chi connectivity index (χ0n) is 12.9. The summed E-state index contributed by atoms with van der Waals surface area (Å²) in [6.07, 6.45) is 3.71. The number of amides is 1. The van der Waals surface area contributed by atoms with Crippen LogP contribution in [-0.4, -0.2) is 36.5 Å². The highest BCUT2D eigenvalue weighted by Gasteiger charge is 2.20. The fourth-order valence-electron chi connectivity index (χ4n) is 2.98. The maximum absolute atomic E-state index is 12.7. The molecule has 1 aromatic rings. The number of piperidine rings is 1. The Morgan fingerprint density at radius 1 is 1.25 bits per heavy atom. The summed E-state index contributed by atoms with van der Waals surface area (Å²) in [5.74, 6) is 0.159. The summed E-state index contributed by atoms with van der Waals surface area (Å²) in [7, 11) is 0. The molecule has 2 rings (SSSR count). The summed E-state index contributed by atoms with van der Waals surface area (Å²) in [5.41, 5.74) is 3.13. The van der Waals surface area contributed by atoms with Crippen molar-refractivity contribution in [2.45, 2.75) is 46.1 Å². The number of benzene rings is 1. The molecule has 1 fully saturated rings. The molecule has 20 heavy (non-hydrogen) atoms. The van der Waals surface area contributed by atoms with Crippen molar-refractivity contribution < 1.29 is 4.79 Å². The maximum atomic E-state index is 12.7. The van der Waals surface area contributed by atoms with Gasteiger partial charge in [-0.15, -0.1) is 0 Å². The fourth-order valence-corrected chi connectivity index (χ4v) is 2.98. The number of carbonyl (C=O) groups is 1. The zero-order chi connectivity index (χ0) is 14.5. The topological polar surface area (TPSA) is 32.3 Å². The Morgan fingerprint density at radius 3 is 2.50 bits per heavy atom. The average Bonchev–Trinajstić information content (AvgIpc) is 2.44. The molecular weight excluding hydrogens is 248 g/mol.